The fraction of sp³-hybridized carbons (Fsp3) is 0.333. The molecule has 2 aromatic heterocycles. The van der Waals surface area contributed by atoms with E-state index in [4.69, 9.17) is 10.5 Å². The lowest BCUT2D eigenvalue weighted by Crippen LogP contribution is -2.08. The Morgan fingerprint density at radius 2 is 2.20 bits per heavy atom. The van der Waals surface area contributed by atoms with Crippen LogP contribution >= 0.6 is 11.3 Å². The number of hydrogen-bond acceptors (Lipinski definition) is 7. The quantitative estimate of drug-likeness (QED) is 0.863. The third-order valence-corrected chi connectivity index (χ3v) is 3.02. The van der Waals surface area contributed by atoms with Crippen LogP contribution in [0.25, 0.3) is 5.13 Å². The molecule has 0 saturated carbocycles. The number of halogens is 3. The molecule has 20 heavy (non-hydrogen) atoms. The first-order valence-electron chi connectivity index (χ1n) is 5.26. The van der Waals surface area contributed by atoms with Gasteiger partial charge in [-0.15, -0.1) is 10.2 Å². The number of nitrogen functional groups attached to an aromatic ring is 1. The third-order valence-electron chi connectivity index (χ3n) is 2.06. The SMILES string of the molecule is CCOC(=O)c1nn(-c2nnc(C(F)(F)F)s2)cc1N. The maximum absolute atomic E-state index is 12.4. The lowest BCUT2D eigenvalue weighted by molar-refractivity contribution is -0.138. The van der Waals surface area contributed by atoms with Crippen LogP contribution in [0.1, 0.15) is 22.4 Å². The van der Waals surface area contributed by atoms with Crippen molar-refractivity contribution in [2.24, 2.45) is 0 Å². The maximum atomic E-state index is 12.4. The highest BCUT2D eigenvalue weighted by Gasteiger charge is 2.36. The van der Waals surface area contributed by atoms with Gasteiger partial charge in [0.2, 0.25) is 10.1 Å². The van der Waals surface area contributed by atoms with Crippen LogP contribution in [0.4, 0.5) is 18.9 Å². The molecular formula is C9H8F3N5O2S. The van der Waals surface area contributed by atoms with Crippen LogP contribution < -0.4 is 5.73 Å². The number of aromatic nitrogens is 4. The van der Waals surface area contributed by atoms with Gasteiger partial charge in [0.1, 0.15) is 0 Å². The molecular weight excluding hydrogens is 299 g/mol. The Hall–Kier alpha value is -2.17. The molecule has 0 unspecified atom stereocenters. The second kappa shape index (κ2) is 5.07. The summed E-state index contributed by atoms with van der Waals surface area (Å²) in [6, 6.07) is 0. The minimum Gasteiger partial charge on any atom is -0.461 e. The number of anilines is 1. The van der Waals surface area contributed by atoms with Crippen molar-refractivity contribution >= 4 is 23.0 Å². The molecule has 0 aliphatic carbocycles. The van der Waals surface area contributed by atoms with E-state index in [2.05, 4.69) is 15.3 Å². The van der Waals surface area contributed by atoms with Gasteiger partial charge < -0.3 is 10.5 Å². The molecule has 2 rings (SSSR count). The van der Waals surface area contributed by atoms with Gasteiger partial charge in [-0.1, -0.05) is 11.3 Å². The molecule has 2 aromatic rings. The van der Waals surface area contributed by atoms with Crippen molar-refractivity contribution in [3.8, 4) is 5.13 Å². The molecule has 0 aliphatic heterocycles. The van der Waals surface area contributed by atoms with Gasteiger partial charge in [0.25, 0.3) is 0 Å². The second-order valence-corrected chi connectivity index (χ2v) is 4.44. The molecule has 7 nitrogen and oxygen atoms in total. The molecule has 2 N–H and O–H groups in total. The smallest absolute Gasteiger partial charge is 0.445 e. The second-order valence-electron chi connectivity index (χ2n) is 3.49. The predicted molar refractivity (Wildman–Crippen MR) is 62.4 cm³/mol. The van der Waals surface area contributed by atoms with Crippen LogP contribution in [0, 0.1) is 0 Å². The molecule has 0 radical (unpaired) electrons. The van der Waals surface area contributed by atoms with Crippen molar-refractivity contribution in [2.75, 3.05) is 12.3 Å². The van der Waals surface area contributed by atoms with Gasteiger partial charge >= 0.3 is 12.1 Å². The van der Waals surface area contributed by atoms with E-state index in [1.54, 1.807) is 6.92 Å². The van der Waals surface area contributed by atoms with E-state index in [0.29, 0.717) is 0 Å². The summed E-state index contributed by atoms with van der Waals surface area (Å²) < 4.78 is 42.9. The summed E-state index contributed by atoms with van der Waals surface area (Å²) >= 11 is 0.286. The van der Waals surface area contributed by atoms with Crippen molar-refractivity contribution < 1.29 is 22.7 Å². The van der Waals surface area contributed by atoms with Gasteiger partial charge in [0.15, 0.2) is 5.69 Å². The van der Waals surface area contributed by atoms with E-state index in [1.807, 2.05) is 0 Å². The first-order valence-corrected chi connectivity index (χ1v) is 6.08. The van der Waals surface area contributed by atoms with E-state index < -0.39 is 17.2 Å². The standard InChI is InChI=1S/C9H8F3N5O2S/c1-2-19-6(18)5-4(13)3-17(16-5)8-15-14-7(20-8)9(10,11)12/h3H,2,13H2,1H3. The number of carbonyl (C=O) groups is 1. The van der Waals surface area contributed by atoms with E-state index in [0.717, 1.165) is 4.68 Å². The third kappa shape index (κ3) is 2.71. The summed E-state index contributed by atoms with van der Waals surface area (Å²) in [4.78, 5) is 11.5. The number of esters is 1. The lowest BCUT2D eigenvalue weighted by atomic mass is 10.4. The van der Waals surface area contributed by atoms with Crippen LogP contribution in [0.5, 0.6) is 0 Å². The molecule has 0 bridgehead atoms. The number of nitrogens with zero attached hydrogens (tertiary/aromatic N) is 4. The largest absolute Gasteiger partial charge is 0.461 e. The van der Waals surface area contributed by atoms with Gasteiger partial charge in [-0.05, 0) is 6.92 Å². The van der Waals surface area contributed by atoms with Crippen molar-refractivity contribution in [2.45, 2.75) is 13.1 Å². The number of ether oxygens (including phenoxy) is 1. The minimum absolute atomic E-state index is 0.0211. The van der Waals surface area contributed by atoms with Crippen LogP contribution in [-0.4, -0.2) is 32.6 Å². The summed E-state index contributed by atoms with van der Waals surface area (Å²) in [7, 11) is 0. The number of rotatable bonds is 3. The average molecular weight is 307 g/mol. The maximum Gasteiger partial charge on any atom is 0.445 e. The van der Waals surface area contributed by atoms with Gasteiger partial charge in [0, 0.05) is 0 Å². The molecule has 0 spiro atoms. The number of nitrogens with two attached hydrogens (primary N) is 1. The Morgan fingerprint density at radius 1 is 1.50 bits per heavy atom. The van der Waals surface area contributed by atoms with Gasteiger partial charge in [-0.2, -0.15) is 18.3 Å². The summed E-state index contributed by atoms with van der Waals surface area (Å²) in [5.41, 5.74) is 5.35. The molecule has 0 saturated heterocycles. The fourth-order valence-electron chi connectivity index (χ4n) is 1.27. The highest BCUT2D eigenvalue weighted by molar-refractivity contribution is 7.13. The van der Waals surface area contributed by atoms with Crippen molar-refractivity contribution in [1.82, 2.24) is 20.0 Å². The van der Waals surface area contributed by atoms with E-state index in [9.17, 15) is 18.0 Å². The zero-order valence-corrected chi connectivity index (χ0v) is 10.8. The van der Waals surface area contributed by atoms with Crippen molar-refractivity contribution in [3.05, 3.63) is 16.9 Å². The summed E-state index contributed by atoms with van der Waals surface area (Å²) in [6.45, 7) is 1.73. The number of hydrogen-bond donors (Lipinski definition) is 1. The summed E-state index contributed by atoms with van der Waals surface area (Å²) in [6.07, 6.45) is -3.41. The molecule has 0 fully saturated rings. The predicted octanol–water partition coefficient (Wildman–Crippen LogP) is 1.50. The van der Waals surface area contributed by atoms with Crippen LogP contribution in [-0.2, 0) is 10.9 Å². The van der Waals surface area contributed by atoms with Crippen molar-refractivity contribution in [1.29, 1.82) is 0 Å². The Labute approximate surface area is 114 Å². The normalized spacial score (nSPS) is 11.6. The summed E-state index contributed by atoms with van der Waals surface area (Å²) in [5, 5.41) is 8.85. The zero-order chi connectivity index (χ0) is 14.9. The first-order chi connectivity index (χ1) is 9.32. The topological polar surface area (TPSA) is 95.9 Å². The Kier molecular flexibility index (Phi) is 3.61. The Balaban J connectivity index is 2.33. The molecule has 108 valence electrons. The van der Waals surface area contributed by atoms with Gasteiger partial charge in [0.05, 0.1) is 18.5 Å². The first kappa shape index (κ1) is 14.2. The highest BCUT2D eigenvalue weighted by Crippen LogP contribution is 2.32. The molecule has 0 amide bonds. The molecule has 0 aliphatic rings. The zero-order valence-electron chi connectivity index (χ0n) is 10.0. The molecule has 0 atom stereocenters. The monoisotopic (exact) mass is 307 g/mol. The van der Waals surface area contributed by atoms with Crippen LogP contribution in [0.3, 0.4) is 0 Å². The van der Waals surface area contributed by atoms with E-state index >= 15 is 0 Å². The van der Waals surface area contributed by atoms with E-state index in [-0.39, 0.29) is 34.5 Å². The van der Waals surface area contributed by atoms with Crippen molar-refractivity contribution in [3.63, 3.8) is 0 Å². The molecule has 2 heterocycles. The lowest BCUT2D eigenvalue weighted by Gasteiger charge is -1.98. The summed E-state index contributed by atoms with van der Waals surface area (Å²) in [5.74, 6) is -0.760. The Morgan fingerprint density at radius 3 is 2.75 bits per heavy atom. The Bertz CT molecular complexity index is 636. The van der Waals surface area contributed by atoms with Crippen LogP contribution in [0.15, 0.2) is 6.20 Å². The van der Waals surface area contributed by atoms with Gasteiger partial charge in [-0.3, -0.25) is 0 Å². The minimum atomic E-state index is -4.58. The fourth-order valence-corrected chi connectivity index (χ4v) is 1.90. The van der Waals surface area contributed by atoms with Crippen LogP contribution in [0.2, 0.25) is 0 Å². The van der Waals surface area contributed by atoms with Gasteiger partial charge in [-0.25, -0.2) is 9.48 Å². The van der Waals surface area contributed by atoms with E-state index in [1.165, 1.54) is 6.20 Å². The molecule has 0 aromatic carbocycles. The highest BCUT2D eigenvalue weighted by atomic mass is 32.1. The number of carbonyl (C=O) groups excluding carboxylic acids is 1. The average Bonchev–Trinajstić information content (AvgIpc) is 2.94. The number of alkyl halides is 3. The molecule has 11 heteroatoms.